The Kier molecular flexibility index (Phi) is 2.87. The van der Waals surface area contributed by atoms with Gasteiger partial charge in [-0.25, -0.2) is 0 Å². The summed E-state index contributed by atoms with van der Waals surface area (Å²) in [5, 5.41) is 18.0. The third-order valence-electron chi connectivity index (χ3n) is 2.35. The molecule has 1 aromatic heterocycles. The summed E-state index contributed by atoms with van der Waals surface area (Å²) in [5.41, 5.74) is 2.16. The van der Waals surface area contributed by atoms with Crippen LogP contribution in [0.1, 0.15) is 20.9 Å². The van der Waals surface area contributed by atoms with E-state index in [1.165, 1.54) is 21.5 Å². The smallest absolute Gasteiger partial charge is 0.107 e. The molecule has 0 amide bonds. The molecule has 0 radical (unpaired) electrons. The zero-order valence-corrected chi connectivity index (χ0v) is 10.5. The largest absolute Gasteiger partial charge is 0.192 e. The van der Waals surface area contributed by atoms with Crippen molar-refractivity contribution in [3.63, 3.8) is 0 Å². The molecular weight excluding hydrogens is 236 g/mol. The minimum atomic E-state index is 0.576. The van der Waals surface area contributed by atoms with Crippen LogP contribution in [0.4, 0.5) is 0 Å². The highest BCUT2D eigenvalue weighted by Gasteiger charge is 2.16. The molecule has 0 aliphatic carbocycles. The summed E-state index contributed by atoms with van der Waals surface area (Å²) in [6, 6.07) is 4.24. The lowest BCUT2D eigenvalue weighted by atomic mass is 10.1. The van der Waals surface area contributed by atoms with E-state index in [0.717, 1.165) is 11.1 Å². The van der Waals surface area contributed by atoms with Crippen LogP contribution in [0.25, 0.3) is 12.2 Å². The van der Waals surface area contributed by atoms with Crippen molar-refractivity contribution in [2.75, 3.05) is 0 Å². The summed E-state index contributed by atoms with van der Waals surface area (Å²) in [4.78, 5) is 3.53. The molecule has 0 saturated heterocycles. The molecule has 0 N–H and O–H groups in total. The lowest BCUT2D eigenvalue weighted by molar-refractivity contribution is 1.51. The van der Waals surface area contributed by atoms with Crippen molar-refractivity contribution in [2.24, 2.45) is 0 Å². The van der Waals surface area contributed by atoms with Gasteiger partial charge in [0.2, 0.25) is 0 Å². The molecule has 1 aliphatic rings. The topological polar surface area (TPSA) is 47.6 Å². The minimum absolute atomic E-state index is 0.576. The number of hydrogen-bond acceptors (Lipinski definition) is 4. The molecule has 0 atom stereocenters. The predicted molar refractivity (Wildman–Crippen MR) is 68.6 cm³/mol. The van der Waals surface area contributed by atoms with Crippen LogP contribution in [0.15, 0.2) is 9.81 Å². The number of thioether (sulfide) groups is 1. The number of rotatable bonds is 0. The van der Waals surface area contributed by atoms with Gasteiger partial charge in [-0.15, -0.1) is 11.3 Å². The summed E-state index contributed by atoms with van der Waals surface area (Å²) >= 11 is 2.94. The van der Waals surface area contributed by atoms with E-state index in [0.29, 0.717) is 9.81 Å². The van der Waals surface area contributed by atoms with E-state index in [-0.39, 0.29) is 0 Å². The van der Waals surface area contributed by atoms with Crippen LogP contribution in [0.3, 0.4) is 0 Å². The van der Waals surface area contributed by atoms with Crippen molar-refractivity contribution in [2.45, 2.75) is 13.8 Å². The van der Waals surface area contributed by atoms with Crippen molar-refractivity contribution < 1.29 is 0 Å². The number of fused-ring (bicyclic) bond motifs is 1. The Labute approximate surface area is 103 Å². The van der Waals surface area contributed by atoms with E-state index < -0.39 is 0 Å². The first-order valence-electron chi connectivity index (χ1n) is 4.67. The van der Waals surface area contributed by atoms with Gasteiger partial charge in [0.15, 0.2) is 0 Å². The summed E-state index contributed by atoms with van der Waals surface area (Å²) in [7, 11) is 0. The Hall–Kier alpha value is -1.49. The van der Waals surface area contributed by atoms with Gasteiger partial charge in [-0.3, -0.25) is 0 Å². The second-order valence-corrected chi connectivity index (χ2v) is 5.90. The Morgan fingerprint density at radius 1 is 0.938 bits per heavy atom. The molecule has 0 saturated carbocycles. The van der Waals surface area contributed by atoms with E-state index in [9.17, 15) is 0 Å². The normalized spacial score (nSPS) is 14.0. The van der Waals surface area contributed by atoms with Gasteiger partial charge in [-0.2, -0.15) is 10.5 Å². The van der Waals surface area contributed by atoms with Crippen LogP contribution >= 0.6 is 23.1 Å². The standard InChI is InChI=1S/C12H8N2S2/c1-7-11-3-9(5-13)16-10(6-14)4-12(11)8(2)15-7/h3-4H,1-2H3. The number of hydrogen-bond donors (Lipinski definition) is 0. The van der Waals surface area contributed by atoms with Gasteiger partial charge in [0.1, 0.15) is 12.1 Å². The third-order valence-corrected chi connectivity index (χ3v) is 4.26. The highest BCUT2D eigenvalue weighted by molar-refractivity contribution is 8.07. The Balaban J connectivity index is 2.72. The number of nitrogens with zero attached hydrogens (tertiary/aromatic N) is 2. The molecule has 16 heavy (non-hydrogen) atoms. The zero-order chi connectivity index (χ0) is 11.7. The summed E-state index contributed by atoms with van der Waals surface area (Å²) in [6.45, 7) is 4.08. The molecule has 0 unspecified atom stereocenters. The number of aryl methyl sites for hydroxylation is 2. The second kappa shape index (κ2) is 4.17. The fourth-order valence-corrected chi connectivity index (χ4v) is 3.33. The number of thiophene rings is 1. The van der Waals surface area contributed by atoms with Crippen LogP contribution in [-0.4, -0.2) is 0 Å². The van der Waals surface area contributed by atoms with Gasteiger partial charge >= 0.3 is 0 Å². The fourth-order valence-electron chi connectivity index (χ4n) is 1.63. The van der Waals surface area contributed by atoms with Crippen molar-refractivity contribution >= 4 is 35.3 Å². The van der Waals surface area contributed by atoms with E-state index >= 15 is 0 Å². The fraction of sp³-hybridized carbons (Fsp3) is 0.167. The maximum Gasteiger partial charge on any atom is 0.107 e. The molecular formula is C12H8N2S2. The van der Waals surface area contributed by atoms with Crippen molar-refractivity contribution in [1.29, 1.82) is 10.5 Å². The first-order valence-corrected chi connectivity index (χ1v) is 6.30. The molecule has 0 aromatic carbocycles. The van der Waals surface area contributed by atoms with Crippen molar-refractivity contribution in [3.8, 4) is 12.1 Å². The molecule has 0 bridgehead atoms. The first-order chi connectivity index (χ1) is 7.65. The highest BCUT2D eigenvalue weighted by atomic mass is 32.2. The number of allylic oxidation sites excluding steroid dienone is 2. The van der Waals surface area contributed by atoms with Crippen LogP contribution in [0, 0.1) is 36.5 Å². The molecule has 1 aliphatic heterocycles. The SMILES string of the molecule is Cc1sc(C)c2c1C=C(C#N)SC(C#N)=C2. The monoisotopic (exact) mass is 244 g/mol. The molecule has 2 heterocycles. The Bertz CT molecular complexity index is 541. The summed E-state index contributed by atoms with van der Waals surface area (Å²) in [6.07, 6.45) is 3.75. The zero-order valence-electron chi connectivity index (χ0n) is 8.87. The molecule has 4 heteroatoms. The van der Waals surface area contributed by atoms with Crippen LogP contribution in [0.5, 0.6) is 0 Å². The predicted octanol–water partition coefficient (Wildman–Crippen LogP) is 3.84. The van der Waals surface area contributed by atoms with Crippen molar-refractivity contribution in [1.82, 2.24) is 0 Å². The first kappa shape index (κ1) is 11.0. The average molecular weight is 244 g/mol. The van der Waals surface area contributed by atoms with E-state index in [2.05, 4.69) is 12.1 Å². The van der Waals surface area contributed by atoms with Gasteiger partial charge in [0, 0.05) is 9.75 Å². The van der Waals surface area contributed by atoms with Gasteiger partial charge in [0.25, 0.3) is 0 Å². The summed E-state index contributed by atoms with van der Waals surface area (Å²) < 4.78 is 0. The Morgan fingerprint density at radius 3 is 1.75 bits per heavy atom. The maximum absolute atomic E-state index is 8.98. The van der Waals surface area contributed by atoms with Gasteiger partial charge < -0.3 is 0 Å². The van der Waals surface area contributed by atoms with Crippen molar-refractivity contribution in [3.05, 3.63) is 30.7 Å². The molecule has 2 nitrogen and oxygen atoms in total. The molecule has 0 fully saturated rings. The van der Waals surface area contributed by atoms with Gasteiger partial charge in [0.05, 0.1) is 9.81 Å². The maximum atomic E-state index is 8.98. The van der Waals surface area contributed by atoms with Crippen LogP contribution in [0.2, 0.25) is 0 Å². The summed E-state index contributed by atoms with van der Waals surface area (Å²) in [5.74, 6) is 0. The quantitative estimate of drug-likeness (QED) is 0.696. The van der Waals surface area contributed by atoms with Crippen LogP contribution < -0.4 is 0 Å². The molecule has 1 aromatic rings. The third kappa shape index (κ3) is 1.78. The Morgan fingerprint density at radius 2 is 1.38 bits per heavy atom. The lowest BCUT2D eigenvalue weighted by Gasteiger charge is -1.93. The lowest BCUT2D eigenvalue weighted by Crippen LogP contribution is -1.77. The molecule has 78 valence electrons. The van der Waals surface area contributed by atoms with E-state index in [1.807, 2.05) is 26.0 Å². The second-order valence-electron chi connectivity index (χ2n) is 3.38. The highest BCUT2D eigenvalue weighted by Crippen LogP contribution is 2.38. The van der Waals surface area contributed by atoms with Crippen LogP contribution in [-0.2, 0) is 0 Å². The number of nitriles is 2. The average Bonchev–Trinajstić information content (AvgIpc) is 2.48. The van der Waals surface area contributed by atoms with E-state index in [4.69, 9.17) is 10.5 Å². The van der Waals surface area contributed by atoms with E-state index in [1.54, 1.807) is 11.3 Å². The molecule has 2 rings (SSSR count). The van der Waals surface area contributed by atoms with Gasteiger partial charge in [-0.05, 0) is 37.1 Å². The molecule has 0 spiro atoms. The van der Waals surface area contributed by atoms with Gasteiger partial charge in [-0.1, -0.05) is 11.8 Å². The minimum Gasteiger partial charge on any atom is -0.192 e.